The maximum atomic E-state index is 13.7. The molecule has 1 amide bonds. The third-order valence-corrected chi connectivity index (χ3v) is 3.82. The van der Waals surface area contributed by atoms with Gasteiger partial charge in [0.15, 0.2) is 0 Å². The van der Waals surface area contributed by atoms with Gasteiger partial charge in [0.1, 0.15) is 28.5 Å². The Morgan fingerprint density at radius 1 is 0.966 bits per heavy atom. The van der Waals surface area contributed by atoms with Crippen molar-refractivity contribution >= 4 is 11.6 Å². The smallest absolute Gasteiger partial charge is 0.421 e. The van der Waals surface area contributed by atoms with Crippen molar-refractivity contribution in [1.82, 2.24) is 4.98 Å². The van der Waals surface area contributed by atoms with Crippen LogP contribution in [0, 0.1) is 18.6 Å². The molecule has 0 aliphatic heterocycles. The number of anilines is 1. The predicted molar refractivity (Wildman–Crippen MR) is 94.8 cm³/mol. The molecule has 2 aromatic carbocycles. The monoisotopic (exact) mass is 408 g/mol. The van der Waals surface area contributed by atoms with Crippen LogP contribution in [-0.2, 0) is 6.18 Å². The van der Waals surface area contributed by atoms with E-state index in [-0.39, 0.29) is 11.4 Å². The Bertz CT molecular complexity index is 1030. The van der Waals surface area contributed by atoms with Gasteiger partial charge < -0.3 is 10.1 Å². The summed E-state index contributed by atoms with van der Waals surface area (Å²) in [4.78, 5) is 15.8. The normalized spacial score (nSPS) is 11.2. The number of nitrogens with one attached hydrogen (secondary N) is 1. The zero-order chi connectivity index (χ0) is 21.2. The number of amides is 1. The molecule has 0 fully saturated rings. The van der Waals surface area contributed by atoms with Crippen LogP contribution in [0.25, 0.3) is 0 Å². The van der Waals surface area contributed by atoms with Crippen LogP contribution in [0.4, 0.5) is 27.6 Å². The highest BCUT2D eigenvalue weighted by Gasteiger charge is 2.35. The van der Waals surface area contributed by atoms with E-state index in [0.717, 1.165) is 24.3 Å². The third kappa shape index (κ3) is 4.68. The second-order valence-corrected chi connectivity index (χ2v) is 5.98. The fraction of sp³-hybridized carbons (Fsp3) is 0.100. The molecular weight excluding hydrogens is 395 g/mol. The van der Waals surface area contributed by atoms with Gasteiger partial charge >= 0.3 is 6.18 Å². The number of pyridine rings is 1. The molecule has 1 heterocycles. The number of benzene rings is 2. The molecule has 0 aliphatic carbocycles. The molecule has 0 unspecified atom stereocenters. The molecule has 1 aromatic heterocycles. The largest absolute Gasteiger partial charge is 0.438 e. The highest BCUT2D eigenvalue weighted by Crippen LogP contribution is 2.37. The van der Waals surface area contributed by atoms with Crippen molar-refractivity contribution in [3.8, 4) is 11.6 Å². The molecule has 3 rings (SSSR count). The minimum atomic E-state index is -4.65. The standard InChI is InChI=1S/C20H13F5N2O2/c1-11-5-10-14(20(23,24)25)19(26-11)29-13-8-6-12(7-9-13)27-18(28)17-15(21)3-2-4-16(17)22/h2-10H,1H3,(H,27,28). The number of hydrogen-bond donors (Lipinski definition) is 1. The summed E-state index contributed by atoms with van der Waals surface area (Å²) in [6.45, 7) is 1.52. The van der Waals surface area contributed by atoms with E-state index < -0.39 is 40.7 Å². The fourth-order valence-corrected chi connectivity index (χ4v) is 2.45. The van der Waals surface area contributed by atoms with Crippen molar-refractivity contribution in [2.45, 2.75) is 13.1 Å². The maximum Gasteiger partial charge on any atom is 0.421 e. The van der Waals surface area contributed by atoms with Gasteiger partial charge in [-0.15, -0.1) is 0 Å². The predicted octanol–water partition coefficient (Wildman–Crippen LogP) is 5.73. The molecule has 1 N–H and O–H groups in total. The van der Waals surface area contributed by atoms with Gasteiger partial charge in [-0.3, -0.25) is 4.79 Å². The van der Waals surface area contributed by atoms with Gasteiger partial charge in [0, 0.05) is 11.4 Å². The molecule has 3 aromatic rings. The van der Waals surface area contributed by atoms with E-state index in [1.165, 1.54) is 37.3 Å². The number of aromatic nitrogens is 1. The first-order chi connectivity index (χ1) is 13.6. The SMILES string of the molecule is Cc1ccc(C(F)(F)F)c(Oc2ccc(NC(=O)c3c(F)cccc3F)cc2)n1. The van der Waals surface area contributed by atoms with Gasteiger partial charge in [0.05, 0.1) is 0 Å². The molecule has 0 saturated heterocycles. The number of ether oxygens (including phenoxy) is 1. The molecule has 29 heavy (non-hydrogen) atoms. The quantitative estimate of drug-likeness (QED) is 0.561. The molecule has 0 atom stereocenters. The minimum absolute atomic E-state index is 0.0312. The van der Waals surface area contributed by atoms with E-state index in [2.05, 4.69) is 10.3 Å². The molecule has 0 saturated carbocycles. The van der Waals surface area contributed by atoms with Crippen LogP contribution >= 0.6 is 0 Å². The second-order valence-electron chi connectivity index (χ2n) is 5.98. The van der Waals surface area contributed by atoms with Gasteiger partial charge in [-0.1, -0.05) is 6.07 Å². The summed E-state index contributed by atoms with van der Waals surface area (Å²) < 4.78 is 71.8. The highest BCUT2D eigenvalue weighted by molar-refractivity contribution is 6.04. The zero-order valence-electron chi connectivity index (χ0n) is 14.8. The molecule has 9 heteroatoms. The summed E-state index contributed by atoms with van der Waals surface area (Å²) in [6, 6.07) is 10.3. The number of nitrogens with zero attached hydrogens (tertiary/aromatic N) is 1. The number of alkyl halides is 3. The first kappa shape index (κ1) is 20.2. The van der Waals surface area contributed by atoms with Crippen LogP contribution < -0.4 is 10.1 Å². The minimum Gasteiger partial charge on any atom is -0.438 e. The maximum absolute atomic E-state index is 13.7. The summed E-state index contributed by atoms with van der Waals surface area (Å²) in [6.07, 6.45) is -4.65. The van der Waals surface area contributed by atoms with Crippen molar-refractivity contribution in [2.75, 3.05) is 5.32 Å². The van der Waals surface area contributed by atoms with Gasteiger partial charge in [0.25, 0.3) is 5.91 Å². The number of aryl methyl sites for hydroxylation is 1. The lowest BCUT2D eigenvalue weighted by atomic mass is 10.1. The van der Waals surface area contributed by atoms with Crippen LogP contribution in [0.1, 0.15) is 21.6 Å². The number of carbonyl (C=O) groups is 1. The summed E-state index contributed by atoms with van der Waals surface area (Å²) in [5.74, 6) is -3.62. The Kier molecular flexibility index (Phi) is 5.49. The Morgan fingerprint density at radius 2 is 1.59 bits per heavy atom. The Morgan fingerprint density at radius 3 is 2.17 bits per heavy atom. The molecular formula is C20H13F5N2O2. The Balaban J connectivity index is 1.78. The first-order valence-electron chi connectivity index (χ1n) is 8.23. The Hall–Kier alpha value is -3.49. The summed E-state index contributed by atoms with van der Waals surface area (Å²) >= 11 is 0. The topological polar surface area (TPSA) is 51.2 Å². The van der Waals surface area contributed by atoms with Gasteiger partial charge in [-0.2, -0.15) is 13.2 Å². The van der Waals surface area contributed by atoms with Crippen molar-refractivity contribution in [3.63, 3.8) is 0 Å². The van der Waals surface area contributed by atoms with E-state index in [1.807, 2.05) is 0 Å². The summed E-state index contributed by atoms with van der Waals surface area (Å²) in [7, 11) is 0. The van der Waals surface area contributed by atoms with Gasteiger partial charge in [0.2, 0.25) is 5.88 Å². The highest BCUT2D eigenvalue weighted by atomic mass is 19.4. The zero-order valence-corrected chi connectivity index (χ0v) is 14.8. The average molecular weight is 408 g/mol. The molecule has 0 aliphatic rings. The van der Waals surface area contributed by atoms with Gasteiger partial charge in [-0.05, 0) is 55.5 Å². The fourth-order valence-electron chi connectivity index (χ4n) is 2.45. The van der Waals surface area contributed by atoms with Crippen LogP contribution in [0.3, 0.4) is 0 Å². The number of halogens is 5. The number of rotatable bonds is 4. The molecule has 4 nitrogen and oxygen atoms in total. The summed E-state index contributed by atoms with van der Waals surface area (Å²) in [5, 5.41) is 2.31. The molecule has 0 radical (unpaired) electrons. The third-order valence-electron chi connectivity index (χ3n) is 3.82. The van der Waals surface area contributed by atoms with E-state index in [1.54, 1.807) is 0 Å². The van der Waals surface area contributed by atoms with Crippen molar-refractivity contribution in [1.29, 1.82) is 0 Å². The van der Waals surface area contributed by atoms with Crippen molar-refractivity contribution in [2.24, 2.45) is 0 Å². The first-order valence-corrected chi connectivity index (χ1v) is 8.23. The van der Waals surface area contributed by atoms with Crippen LogP contribution in [-0.4, -0.2) is 10.9 Å². The molecule has 0 spiro atoms. The molecule has 150 valence electrons. The van der Waals surface area contributed by atoms with E-state index >= 15 is 0 Å². The van der Waals surface area contributed by atoms with Crippen LogP contribution in [0.2, 0.25) is 0 Å². The lowest BCUT2D eigenvalue weighted by Crippen LogP contribution is -2.15. The van der Waals surface area contributed by atoms with E-state index in [4.69, 9.17) is 4.74 Å². The number of hydrogen-bond acceptors (Lipinski definition) is 3. The summed E-state index contributed by atoms with van der Waals surface area (Å²) in [5.41, 5.74) is -1.27. The molecule has 0 bridgehead atoms. The van der Waals surface area contributed by atoms with Crippen molar-refractivity contribution < 1.29 is 31.5 Å². The van der Waals surface area contributed by atoms with E-state index in [0.29, 0.717) is 5.69 Å². The van der Waals surface area contributed by atoms with Crippen LogP contribution in [0.15, 0.2) is 54.6 Å². The number of carbonyl (C=O) groups excluding carboxylic acids is 1. The average Bonchev–Trinajstić information content (AvgIpc) is 2.62. The Labute approximate surface area is 162 Å². The van der Waals surface area contributed by atoms with E-state index in [9.17, 15) is 26.7 Å². The lowest BCUT2D eigenvalue weighted by Gasteiger charge is -2.13. The second kappa shape index (κ2) is 7.86. The van der Waals surface area contributed by atoms with Crippen LogP contribution in [0.5, 0.6) is 11.6 Å². The lowest BCUT2D eigenvalue weighted by molar-refractivity contribution is -0.138. The van der Waals surface area contributed by atoms with Gasteiger partial charge in [-0.25, -0.2) is 13.8 Å². The van der Waals surface area contributed by atoms with Crippen molar-refractivity contribution in [3.05, 3.63) is 83.1 Å².